The monoisotopic (exact) mass is 264 g/mol. The van der Waals surface area contributed by atoms with Crippen LogP contribution >= 0.6 is 0 Å². The van der Waals surface area contributed by atoms with Crippen molar-refractivity contribution in [3.63, 3.8) is 0 Å². The predicted molar refractivity (Wildman–Crippen MR) is 81.1 cm³/mol. The molecule has 0 aromatic rings. The van der Waals surface area contributed by atoms with Gasteiger partial charge in [0.2, 0.25) is 5.91 Å². The molecule has 1 rings (SSSR count). The first-order chi connectivity index (χ1) is 9.24. The molecular formula is C16H28N2O. The summed E-state index contributed by atoms with van der Waals surface area (Å²) in [7, 11) is 2.21. The highest BCUT2D eigenvalue weighted by molar-refractivity contribution is 5.87. The van der Waals surface area contributed by atoms with E-state index >= 15 is 0 Å². The summed E-state index contributed by atoms with van der Waals surface area (Å²) in [5.41, 5.74) is 0. The molecule has 19 heavy (non-hydrogen) atoms. The van der Waals surface area contributed by atoms with Gasteiger partial charge in [0.05, 0.1) is 0 Å². The fourth-order valence-electron chi connectivity index (χ4n) is 2.56. The van der Waals surface area contributed by atoms with Crippen LogP contribution in [0.2, 0.25) is 0 Å². The summed E-state index contributed by atoms with van der Waals surface area (Å²) in [6, 6.07) is 0.763. The molecular weight excluding hydrogens is 236 g/mol. The Kier molecular flexibility index (Phi) is 8.23. The number of carbonyl (C=O) groups excluding carboxylic acids is 1. The lowest BCUT2D eigenvalue weighted by atomic mass is 9.94. The van der Waals surface area contributed by atoms with Gasteiger partial charge in [0.25, 0.3) is 0 Å². The van der Waals surface area contributed by atoms with Crippen LogP contribution in [0.3, 0.4) is 0 Å². The third kappa shape index (κ3) is 7.16. The predicted octanol–water partition coefficient (Wildman–Crippen LogP) is 2.89. The van der Waals surface area contributed by atoms with Crippen molar-refractivity contribution in [3.05, 3.63) is 24.3 Å². The third-order valence-electron chi connectivity index (χ3n) is 3.74. The summed E-state index contributed by atoms with van der Waals surface area (Å²) in [5.74, 6) is -0.00146. The summed E-state index contributed by atoms with van der Waals surface area (Å²) < 4.78 is 0. The molecule has 0 radical (unpaired) electrons. The fourth-order valence-corrected chi connectivity index (χ4v) is 2.56. The van der Waals surface area contributed by atoms with Crippen molar-refractivity contribution in [2.45, 2.75) is 51.5 Å². The van der Waals surface area contributed by atoms with Crippen LogP contribution in [-0.2, 0) is 4.79 Å². The molecule has 0 heterocycles. The Bertz CT molecular complexity index is 304. The average molecular weight is 264 g/mol. The molecule has 1 N–H and O–H groups in total. The van der Waals surface area contributed by atoms with Gasteiger partial charge in [-0.05, 0) is 39.8 Å². The van der Waals surface area contributed by atoms with Crippen LogP contribution in [0.5, 0.6) is 0 Å². The Labute approximate surface area is 117 Å². The second-order valence-electron chi connectivity index (χ2n) is 5.30. The molecule has 0 aromatic carbocycles. The SMILES string of the molecule is C/C=C/C=C/C(=O)NCCCN(C)C1CCCCC1. The van der Waals surface area contributed by atoms with Crippen molar-refractivity contribution in [1.29, 1.82) is 0 Å². The van der Waals surface area contributed by atoms with Crippen molar-refractivity contribution in [3.8, 4) is 0 Å². The third-order valence-corrected chi connectivity index (χ3v) is 3.74. The zero-order valence-corrected chi connectivity index (χ0v) is 12.4. The number of nitrogens with one attached hydrogen (secondary N) is 1. The highest BCUT2D eigenvalue weighted by atomic mass is 16.1. The van der Waals surface area contributed by atoms with E-state index in [-0.39, 0.29) is 5.91 Å². The molecule has 1 amide bonds. The van der Waals surface area contributed by atoms with E-state index in [0.29, 0.717) is 0 Å². The summed E-state index contributed by atoms with van der Waals surface area (Å²) >= 11 is 0. The zero-order valence-electron chi connectivity index (χ0n) is 12.4. The van der Waals surface area contributed by atoms with Crippen LogP contribution in [0.4, 0.5) is 0 Å². The molecule has 0 saturated heterocycles. The smallest absolute Gasteiger partial charge is 0.243 e. The van der Waals surface area contributed by atoms with Crippen LogP contribution in [0, 0.1) is 0 Å². The lowest BCUT2D eigenvalue weighted by Gasteiger charge is -2.31. The molecule has 0 unspecified atom stereocenters. The van der Waals surface area contributed by atoms with Crippen LogP contribution in [0.15, 0.2) is 24.3 Å². The van der Waals surface area contributed by atoms with Crippen molar-refractivity contribution in [2.24, 2.45) is 0 Å². The number of hydrogen-bond donors (Lipinski definition) is 1. The highest BCUT2D eigenvalue weighted by Crippen LogP contribution is 2.21. The van der Waals surface area contributed by atoms with E-state index in [0.717, 1.165) is 25.6 Å². The molecule has 1 saturated carbocycles. The minimum Gasteiger partial charge on any atom is -0.353 e. The average Bonchev–Trinajstić information content (AvgIpc) is 2.44. The number of hydrogen-bond acceptors (Lipinski definition) is 2. The topological polar surface area (TPSA) is 32.3 Å². The normalized spacial score (nSPS) is 17.6. The second kappa shape index (κ2) is 9.79. The van der Waals surface area contributed by atoms with Crippen LogP contribution in [-0.4, -0.2) is 37.0 Å². The molecule has 0 bridgehead atoms. The maximum absolute atomic E-state index is 11.4. The van der Waals surface area contributed by atoms with E-state index < -0.39 is 0 Å². The largest absolute Gasteiger partial charge is 0.353 e. The molecule has 0 aliphatic heterocycles. The van der Waals surface area contributed by atoms with Gasteiger partial charge < -0.3 is 10.2 Å². The Balaban J connectivity index is 2.07. The zero-order chi connectivity index (χ0) is 13.9. The molecule has 3 heteroatoms. The summed E-state index contributed by atoms with van der Waals surface area (Å²) in [5, 5.41) is 2.91. The van der Waals surface area contributed by atoms with E-state index in [4.69, 9.17) is 0 Å². The lowest BCUT2D eigenvalue weighted by Crippen LogP contribution is -2.35. The molecule has 0 atom stereocenters. The van der Waals surface area contributed by atoms with Crippen LogP contribution in [0.1, 0.15) is 45.4 Å². The summed E-state index contributed by atoms with van der Waals surface area (Å²) in [6.07, 6.45) is 15.0. The Hall–Kier alpha value is -1.09. The first-order valence-corrected chi connectivity index (χ1v) is 7.51. The minimum absolute atomic E-state index is 0.00146. The lowest BCUT2D eigenvalue weighted by molar-refractivity contribution is -0.116. The van der Waals surface area contributed by atoms with Crippen molar-refractivity contribution in [2.75, 3.05) is 20.1 Å². The minimum atomic E-state index is -0.00146. The first kappa shape index (κ1) is 16.0. The summed E-state index contributed by atoms with van der Waals surface area (Å²) in [6.45, 7) is 3.77. The van der Waals surface area contributed by atoms with Gasteiger partial charge in [-0.2, -0.15) is 0 Å². The number of amides is 1. The maximum Gasteiger partial charge on any atom is 0.243 e. The van der Waals surface area contributed by atoms with Gasteiger partial charge in [0.15, 0.2) is 0 Å². The first-order valence-electron chi connectivity index (χ1n) is 7.51. The Morgan fingerprint density at radius 2 is 2.00 bits per heavy atom. The van der Waals surface area contributed by atoms with E-state index in [1.165, 1.54) is 32.1 Å². The fraction of sp³-hybridized carbons (Fsp3) is 0.688. The molecule has 1 aliphatic carbocycles. The van der Waals surface area contributed by atoms with Crippen LogP contribution < -0.4 is 5.32 Å². The van der Waals surface area contributed by atoms with E-state index in [2.05, 4.69) is 17.3 Å². The van der Waals surface area contributed by atoms with Crippen molar-refractivity contribution in [1.82, 2.24) is 10.2 Å². The molecule has 1 aliphatic rings. The maximum atomic E-state index is 11.4. The van der Waals surface area contributed by atoms with Gasteiger partial charge >= 0.3 is 0 Å². The highest BCUT2D eigenvalue weighted by Gasteiger charge is 2.17. The van der Waals surface area contributed by atoms with E-state index in [1.807, 2.05) is 19.1 Å². The quantitative estimate of drug-likeness (QED) is 0.435. The molecule has 0 spiro atoms. The van der Waals surface area contributed by atoms with Crippen LogP contribution in [0.25, 0.3) is 0 Å². The number of nitrogens with zero attached hydrogens (tertiary/aromatic N) is 1. The standard InChI is InChI=1S/C16H28N2O/c1-3-4-6-12-16(19)17-13-9-14-18(2)15-10-7-5-8-11-15/h3-4,6,12,15H,5,7-11,13-14H2,1-2H3,(H,17,19)/b4-3+,12-6+. The van der Waals surface area contributed by atoms with Crippen molar-refractivity contribution >= 4 is 5.91 Å². The number of carbonyl (C=O) groups is 1. The number of rotatable bonds is 7. The van der Waals surface area contributed by atoms with Gasteiger partial charge in [-0.3, -0.25) is 4.79 Å². The van der Waals surface area contributed by atoms with Gasteiger partial charge in [-0.1, -0.05) is 37.5 Å². The van der Waals surface area contributed by atoms with E-state index in [9.17, 15) is 4.79 Å². The summed E-state index contributed by atoms with van der Waals surface area (Å²) in [4.78, 5) is 13.9. The van der Waals surface area contributed by atoms with Gasteiger partial charge in [-0.15, -0.1) is 0 Å². The Morgan fingerprint density at radius 3 is 2.68 bits per heavy atom. The molecule has 108 valence electrons. The Morgan fingerprint density at radius 1 is 1.26 bits per heavy atom. The number of allylic oxidation sites excluding steroid dienone is 3. The second-order valence-corrected chi connectivity index (χ2v) is 5.30. The molecule has 3 nitrogen and oxygen atoms in total. The van der Waals surface area contributed by atoms with E-state index in [1.54, 1.807) is 12.2 Å². The van der Waals surface area contributed by atoms with Gasteiger partial charge in [0, 0.05) is 18.7 Å². The van der Waals surface area contributed by atoms with Gasteiger partial charge in [-0.25, -0.2) is 0 Å². The van der Waals surface area contributed by atoms with Crippen molar-refractivity contribution < 1.29 is 4.79 Å². The molecule has 1 fully saturated rings. The molecule has 0 aromatic heterocycles. The van der Waals surface area contributed by atoms with Gasteiger partial charge in [0.1, 0.15) is 0 Å².